The molecular weight excluding hydrogens is 1220 g/mol. The molecule has 0 N–H and O–H groups in total. The number of anilines is 3. The molecule has 484 valence electrons. The van der Waals surface area contributed by atoms with Crippen LogP contribution in [0, 0.1) is 0 Å². The largest absolute Gasteiger partial charge is 0.310 e. The molecule has 100 heavy (non-hydrogen) atoms. The van der Waals surface area contributed by atoms with Crippen molar-refractivity contribution in [1.29, 1.82) is 0 Å². The lowest BCUT2D eigenvalue weighted by molar-refractivity contribution is 0.568. The second-order valence-electron chi connectivity index (χ2n) is 32.4. The van der Waals surface area contributed by atoms with Gasteiger partial charge in [-0.3, -0.25) is 0 Å². The van der Waals surface area contributed by atoms with E-state index in [-0.39, 0.29) is 28.4 Å². The number of nitrogens with zero attached hydrogens (tertiary/aromatic N) is 2. The van der Waals surface area contributed by atoms with Gasteiger partial charge >= 0.3 is 0 Å². The maximum absolute atomic E-state index is 2.75. The molecule has 0 amide bonds. The third-order valence-corrected chi connectivity index (χ3v) is 23.1. The highest BCUT2D eigenvalue weighted by atomic mass is 32.1. The molecule has 4 heteroatoms. The Labute approximate surface area is 593 Å². The van der Waals surface area contributed by atoms with E-state index in [0.29, 0.717) is 0 Å². The Hall–Kier alpha value is -10.5. The van der Waals surface area contributed by atoms with E-state index in [1.807, 2.05) is 11.3 Å². The number of hydrogen-bond donors (Lipinski definition) is 0. The van der Waals surface area contributed by atoms with Crippen molar-refractivity contribution in [3.63, 3.8) is 0 Å². The van der Waals surface area contributed by atoms with Gasteiger partial charge in [-0.1, -0.05) is 308 Å². The number of rotatable bonds is 7. The average molecular weight is 1310 g/mol. The zero-order valence-electron chi connectivity index (χ0n) is 59.4. The summed E-state index contributed by atoms with van der Waals surface area (Å²) in [6.45, 7) is 28.4. The van der Waals surface area contributed by atoms with E-state index in [9.17, 15) is 0 Å². The van der Waals surface area contributed by atoms with Gasteiger partial charge in [-0.25, -0.2) is 0 Å². The molecule has 2 aromatic heterocycles. The lowest BCUT2D eigenvalue weighted by atomic mass is 9.36. The summed E-state index contributed by atoms with van der Waals surface area (Å²) >= 11 is 2.00. The predicted octanol–water partition coefficient (Wildman–Crippen LogP) is 25.3. The van der Waals surface area contributed by atoms with Gasteiger partial charge in [0.15, 0.2) is 0 Å². The van der Waals surface area contributed by atoms with Crippen molar-refractivity contribution in [1.82, 2.24) is 4.57 Å². The third kappa shape index (κ3) is 9.64. The lowest BCUT2D eigenvalue weighted by Gasteiger charge is -2.40. The summed E-state index contributed by atoms with van der Waals surface area (Å²) in [7, 11) is 0. The molecule has 0 unspecified atom stereocenters. The molecule has 4 heterocycles. The molecule has 2 nitrogen and oxygen atoms in total. The summed E-state index contributed by atoms with van der Waals surface area (Å²) in [6, 6.07) is 105. The Bertz CT molecular complexity index is 6000. The number of aromatic nitrogens is 1. The van der Waals surface area contributed by atoms with Gasteiger partial charge in [0, 0.05) is 48.1 Å². The van der Waals surface area contributed by atoms with E-state index in [4.69, 9.17) is 0 Å². The van der Waals surface area contributed by atoms with Gasteiger partial charge in [0.1, 0.15) is 0 Å². The second-order valence-corrected chi connectivity index (χ2v) is 33.4. The van der Waals surface area contributed by atoms with Crippen LogP contribution in [0.15, 0.2) is 273 Å². The Morgan fingerprint density at radius 2 is 0.850 bits per heavy atom. The summed E-state index contributed by atoms with van der Waals surface area (Å²) < 4.78 is 5.39. The zero-order chi connectivity index (χ0) is 68.5. The monoisotopic (exact) mass is 1300 g/mol. The number of thiophene rings is 1. The van der Waals surface area contributed by atoms with Crippen LogP contribution in [0.1, 0.15) is 105 Å². The van der Waals surface area contributed by atoms with Gasteiger partial charge in [-0.2, -0.15) is 0 Å². The highest BCUT2D eigenvalue weighted by molar-refractivity contribution is 7.33. The molecule has 0 fully saturated rings. The second kappa shape index (κ2) is 22.5. The van der Waals surface area contributed by atoms with Gasteiger partial charge < -0.3 is 9.47 Å². The summed E-state index contributed by atoms with van der Waals surface area (Å²) in [4.78, 5) is 2.75. The molecule has 16 aromatic rings. The predicted molar refractivity (Wildman–Crippen MR) is 435 cm³/mol. The standard InChI is InChI=1S/C96H81BN2S/c1-93(2,3)63-45-50-85-78(54-63)90-92(100-85)97-81-57-76-72-39-25-24-37-70(72)71-38-26-27-40-74(71)87(76)88-77-51-61(67-36-23-22-35-66(67)58-29-16-13-17-30-58)43-49-82(77)99(91(81)88)84-53-62(86-68(59-31-18-14-19-32-59)41-28-42-69(86)60-33-20-15-21-34-60)52-83(89(84)97)98(90)65-46-48-79(95(7,8)9)75(56-65)73-47-44-64(94(4,5)6)55-80(73)96(10,11)12/h13-57H,1-12H3. The van der Waals surface area contributed by atoms with Crippen molar-refractivity contribution >= 4 is 115 Å². The molecule has 0 saturated heterocycles. The van der Waals surface area contributed by atoms with Crippen LogP contribution in [0.3, 0.4) is 0 Å². The zero-order valence-corrected chi connectivity index (χ0v) is 60.2. The fourth-order valence-electron chi connectivity index (χ4n) is 17.1. The minimum Gasteiger partial charge on any atom is -0.310 e. The Kier molecular flexibility index (Phi) is 13.9. The van der Waals surface area contributed by atoms with E-state index in [0.717, 1.165) is 11.3 Å². The molecule has 0 bridgehead atoms. The maximum Gasteiger partial charge on any atom is 0.264 e. The first-order valence-corrected chi connectivity index (χ1v) is 36.6. The van der Waals surface area contributed by atoms with E-state index in [1.54, 1.807) is 0 Å². The van der Waals surface area contributed by atoms with Crippen LogP contribution in [0.5, 0.6) is 0 Å². The Balaban J connectivity index is 1.05. The SMILES string of the molecule is CC(C)(C)c1ccc(-c2cc(N3c4cc(-c5c(-c6ccccc6)cccc5-c5ccccc5)cc5c4B(c4sc6ccc(C(C)(C)C)cc6c43)c3cc4c6ccccc6c6ccccc6c4c4c6cc(-c7ccccc7-c7ccccc7)ccc6n-5c34)ccc2C(C)(C)C)c(C(C)(C)C)c1. The number of hydrogen-bond acceptors (Lipinski definition) is 2. The Morgan fingerprint density at radius 1 is 0.320 bits per heavy atom. The fourth-order valence-corrected chi connectivity index (χ4v) is 18.4. The van der Waals surface area contributed by atoms with Gasteiger partial charge in [-0.15, -0.1) is 11.3 Å². The van der Waals surface area contributed by atoms with Gasteiger partial charge in [0.25, 0.3) is 6.71 Å². The van der Waals surface area contributed by atoms with Gasteiger partial charge in [0.2, 0.25) is 0 Å². The molecule has 2 aliphatic heterocycles. The molecule has 0 aliphatic carbocycles. The minimum atomic E-state index is -0.180. The molecule has 0 saturated carbocycles. The van der Waals surface area contributed by atoms with Crippen LogP contribution in [-0.4, -0.2) is 11.3 Å². The summed E-state index contributed by atoms with van der Waals surface area (Å²) in [5.41, 5.74) is 29.3. The van der Waals surface area contributed by atoms with Crippen LogP contribution in [0.25, 0.3) is 137 Å². The van der Waals surface area contributed by atoms with Crippen LogP contribution >= 0.6 is 11.3 Å². The number of fused-ring (bicyclic) bond motifs is 16. The molecule has 0 spiro atoms. The first-order chi connectivity index (χ1) is 48.2. The quantitative estimate of drug-likeness (QED) is 0.114. The highest BCUT2D eigenvalue weighted by Crippen LogP contribution is 2.54. The molecule has 2 aliphatic rings. The van der Waals surface area contributed by atoms with Crippen molar-refractivity contribution in [2.75, 3.05) is 4.90 Å². The summed E-state index contributed by atoms with van der Waals surface area (Å²) in [6.07, 6.45) is 0. The fraction of sp³-hybridized carbons (Fsp3) is 0.167. The summed E-state index contributed by atoms with van der Waals surface area (Å²) in [5, 5.41) is 11.5. The molecule has 18 rings (SSSR count). The van der Waals surface area contributed by atoms with Crippen molar-refractivity contribution in [3.8, 4) is 72.4 Å². The van der Waals surface area contributed by atoms with E-state index >= 15 is 0 Å². The topological polar surface area (TPSA) is 8.17 Å². The van der Waals surface area contributed by atoms with E-state index < -0.39 is 0 Å². The first-order valence-electron chi connectivity index (χ1n) is 35.8. The van der Waals surface area contributed by atoms with E-state index in [1.165, 1.54) is 180 Å². The number of benzene rings is 14. The molecule has 0 radical (unpaired) electrons. The van der Waals surface area contributed by atoms with Crippen molar-refractivity contribution in [2.45, 2.75) is 105 Å². The van der Waals surface area contributed by atoms with Crippen LogP contribution < -0.4 is 20.6 Å². The molecular formula is C96H81BN2S. The Morgan fingerprint density at radius 3 is 1.47 bits per heavy atom. The normalized spacial score (nSPS) is 13.2. The highest BCUT2D eigenvalue weighted by Gasteiger charge is 2.46. The molecule has 0 atom stereocenters. The van der Waals surface area contributed by atoms with Crippen molar-refractivity contribution in [3.05, 3.63) is 295 Å². The van der Waals surface area contributed by atoms with Gasteiger partial charge in [-0.05, 0) is 197 Å². The third-order valence-electron chi connectivity index (χ3n) is 21.9. The lowest BCUT2D eigenvalue weighted by Crippen LogP contribution is -2.59. The van der Waals surface area contributed by atoms with Crippen LogP contribution in [0.4, 0.5) is 17.1 Å². The average Bonchev–Trinajstić information content (AvgIpc) is 1.45. The molecule has 14 aromatic carbocycles. The van der Waals surface area contributed by atoms with Crippen LogP contribution in [0.2, 0.25) is 0 Å². The first kappa shape index (κ1) is 61.8. The van der Waals surface area contributed by atoms with Gasteiger partial charge in [0.05, 0.1) is 16.7 Å². The van der Waals surface area contributed by atoms with Crippen molar-refractivity contribution in [2.24, 2.45) is 0 Å². The minimum absolute atomic E-state index is 0.0258. The van der Waals surface area contributed by atoms with E-state index in [2.05, 4.69) is 366 Å². The summed E-state index contributed by atoms with van der Waals surface area (Å²) in [5.74, 6) is 0. The smallest absolute Gasteiger partial charge is 0.264 e. The van der Waals surface area contributed by atoms with Crippen LogP contribution in [-0.2, 0) is 21.7 Å². The maximum atomic E-state index is 2.75. The van der Waals surface area contributed by atoms with Crippen molar-refractivity contribution < 1.29 is 0 Å².